The van der Waals surface area contributed by atoms with Crippen molar-refractivity contribution in [2.24, 2.45) is 0 Å². The summed E-state index contributed by atoms with van der Waals surface area (Å²) in [5, 5.41) is 9.67. The molecule has 0 atom stereocenters. The van der Waals surface area contributed by atoms with E-state index in [9.17, 15) is 9.90 Å². The molecule has 28 heavy (non-hydrogen) atoms. The molecule has 1 fully saturated rings. The highest BCUT2D eigenvalue weighted by molar-refractivity contribution is 5.94. The Kier molecular flexibility index (Phi) is 7.10. The number of phenols is 1. The Balaban J connectivity index is 1.67. The van der Waals surface area contributed by atoms with Crippen LogP contribution in [0.4, 0.5) is 5.69 Å². The Morgan fingerprint density at radius 3 is 2.39 bits per heavy atom. The van der Waals surface area contributed by atoms with Gasteiger partial charge in [-0.3, -0.25) is 9.69 Å². The molecule has 1 aliphatic rings. The van der Waals surface area contributed by atoms with Crippen LogP contribution in [-0.4, -0.2) is 35.0 Å². The summed E-state index contributed by atoms with van der Waals surface area (Å²) >= 11 is 0. The predicted molar refractivity (Wildman–Crippen MR) is 115 cm³/mol. The lowest BCUT2D eigenvalue weighted by Crippen LogP contribution is -2.47. The van der Waals surface area contributed by atoms with Crippen molar-refractivity contribution in [2.45, 2.75) is 58.5 Å². The summed E-state index contributed by atoms with van der Waals surface area (Å²) in [4.78, 5) is 17.4. The second-order valence-electron chi connectivity index (χ2n) is 7.71. The lowest BCUT2D eigenvalue weighted by molar-refractivity contribution is -0.119. The highest BCUT2D eigenvalue weighted by Crippen LogP contribution is 2.26. The molecule has 0 radical (unpaired) electrons. The summed E-state index contributed by atoms with van der Waals surface area (Å²) in [6, 6.07) is 16.2. The summed E-state index contributed by atoms with van der Waals surface area (Å²) in [5.74, 6) is 0.553. The number of carbonyl (C=O) groups is 1. The molecule has 0 unspecified atom stereocenters. The van der Waals surface area contributed by atoms with E-state index in [4.69, 9.17) is 0 Å². The number of phenolic OH excluding ortho intramolecular Hbond substituents is 1. The first-order chi connectivity index (χ1) is 13.6. The minimum absolute atomic E-state index is 0.234. The second kappa shape index (κ2) is 9.74. The van der Waals surface area contributed by atoms with Crippen LogP contribution in [0.5, 0.6) is 5.75 Å². The lowest BCUT2D eigenvalue weighted by Gasteiger charge is -2.38. The quantitative estimate of drug-likeness (QED) is 0.754. The first-order valence-electron chi connectivity index (χ1n) is 10.5. The number of nitrogens with zero attached hydrogens (tertiary/aromatic N) is 2. The Morgan fingerprint density at radius 2 is 1.79 bits per heavy atom. The van der Waals surface area contributed by atoms with Crippen molar-refractivity contribution in [3.63, 3.8) is 0 Å². The molecule has 2 aromatic rings. The van der Waals surface area contributed by atoms with E-state index in [-0.39, 0.29) is 11.9 Å². The van der Waals surface area contributed by atoms with Gasteiger partial charge in [-0.25, -0.2) is 0 Å². The largest absolute Gasteiger partial charge is 0.508 e. The fraction of sp³-hybridized carbons (Fsp3) is 0.458. The standard InChI is InChI=1S/C24H32N2O2/c1-3-6-24(28)26(21-11-9-19(4-2)10-12-21)22-13-15-25(16-14-22)18-20-7-5-8-23(27)17-20/h5,7-12,17,22,27H,3-4,6,13-16,18H2,1-2H3. The van der Waals surface area contributed by atoms with Crippen LogP contribution in [0.2, 0.25) is 0 Å². The Hall–Kier alpha value is -2.33. The number of aromatic hydroxyl groups is 1. The zero-order valence-electron chi connectivity index (χ0n) is 17.1. The maximum absolute atomic E-state index is 12.9. The van der Waals surface area contributed by atoms with Gasteiger partial charge in [-0.2, -0.15) is 0 Å². The minimum atomic E-state index is 0.234. The average Bonchev–Trinajstić information content (AvgIpc) is 2.70. The van der Waals surface area contributed by atoms with E-state index in [1.165, 1.54) is 5.56 Å². The molecule has 0 saturated carbocycles. The van der Waals surface area contributed by atoms with Gasteiger partial charge in [-0.05, 0) is 61.1 Å². The van der Waals surface area contributed by atoms with Crippen molar-refractivity contribution in [2.75, 3.05) is 18.0 Å². The third-order valence-corrected chi connectivity index (χ3v) is 5.59. The van der Waals surface area contributed by atoms with Crippen molar-refractivity contribution in [1.82, 2.24) is 4.90 Å². The van der Waals surface area contributed by atoms with Gasteiger partial charge in [0.1, 0.15) is 5.75 Å². The van der Waals surface area contributed by atoms with Crippen LogP contribution < -0.4 is 4.90 Å². The van der Waals surface area contributed by atoms with Gasteiger partial charge in [0, 0.05) is 37.8 Å². The number of hydrogen-bond donors (Lipinski definition) is 1. The van der Waals surface area contributed by atoms with Crippen molar-refractivity contribution >= 4 is 11.6 Å². The van der Waals surface area contributed by atoms with Gasteiger partial charge in [0.05, 0.1) is 0 Å². The van der Waals surface area contributed by atoms with E-state index in [1.807, 2.05) is 12.1 Å². The number of likely N-dealkylation sites (tertiary alicyclic amines) is 1. The maximum Gasteiger partial charge on any atom is 0.227 e. The fourth-order valence-corrected chi connectivity index (χ4v) is 4.03. The van der Waals surface area contributed by atoms with Crippen molar-refractivity contribution in [3.8, 4) is 5.75 Å². The molecule has 0 aliphatic carbocycles. The molecule has 1 saturated heterocycles. The van der Waals surface area contributed by atoms with Crippen LogP contribution in [-0.2, 0) is 17.8 Å². The normalized spacial score (nSPS) is 15.5. The Labute approximate surface area is 168 Å². The molecule has 2 aromatic carbocycles. The predicted octanol–water partition coefficient (Wildman–Crippen LogP) is 4.75. The topological polar surface area (TPSA) is 43.8 Å². The molecule has 150 valence electrons. The Bertz CT molecular complexity index is 764. The number of piperidine rings is 1. The van der Waals surface area contributed by atoms with E-state index in [0.29, 0.717) is 12.2 Å². The van der Waals surface area contributed by atoms with Gasteiger partial charge in [0.2, 0.25) is 5.91 Å². The number of aryl methyl sites for hydroxylation is 1. The third kappa shape index (κ3) is 5.14. The summed E-state index contributed by atoms with van der Waals surface area (Å²) in [6.07, 6.45) is 4.43. The summed E-state index contributed by atoms with van der Waals surface area (Å²) in [7, 11) is 0. The van der Waals surface area contributed by atoms with Gasteiger partial charge < -0.3 is 10.0 Å². The van der Waals surface area contributed by atoms with E-state index in [2.05, 4.69) is 54.0 Å². The maximum atomic E-state index is 12.9. The van der Waals surface area contributed by atoms with Crippen LogP contribution in [0, 0.1) is 0 Å². The van der Waals surface area contributed by atoms with Gasteiger partial charge in [-0.1, -0.05) is 38.1 Å². The zero-order valence-corrected chi connectivity index (χ0v) is 17.1. The van der Waals surface area contributed by atoms with Crippen molar-refractivity contribution in [3.05, 3.63) is 59.7 Å². The van der Waals surface area contributed by atoms with Gasteiger partial charge in [0.25, 0.3) is 0 Å². The van der Waals surface area contributed by atoms with Gasteiger partial charge in [-0.15, -0.1) is 0 Å². The molecule has 3 rings (SSSR count). The number of benzene rings is 2. The molecular weight excluding hydrogens is 348 g/mol. The molecule has 1 amide bonds. The van der Waals surface area contributed by atoms with E-state index >= 15 is 0 Å². The van der Waals surface area contributed by atoms with Crippen LogP contribution in [0.25, 0.3) is 0 Å². The smallest absolute Gasteiger partial charge is 0.227 e. The second-order valence-corrected chi connectivity index (χ2v) is 7.71. The van der Waals surface area contributed by atoms with Gasteiger partial charge >= 0.3 is 0 Å². The van der Waals surface area contributed by atoms with Crippen LogP contribution in [0.1, 0.15) is 50.7 Å². The van der Waals surface area contributed by atoms with Gasteiger partial charge in [0.15, 0.2) is 0 Å². The molecule has 4 heteroatoms. The van der Waals surface area contributed by atoms with E-state index < -0.39 is 0 Å². The highest BCUT2D eigenvalue weighted by atomic mass is 16.3. The monoisotopic (exact) mass is 380 g/mol. The number of anilines is 1. The summed E-state index contributed by atoms with van der Waals surface area (Å²) in [5.41, 5.74) is 3.46. The number of carbonyl (C=O) groups excluding carboxylic acids is 1. The number of hydrogen-bond acceptors (Lipinski definition) is 3. The molecule has 0 aromatic heterocycles. The van der Waals surface area contributed by atoms with Crippen LogP contribution in [0.15, 0.2) is 48.5 Å². The van der Waals surface area contributed by atoms with Crippen LogP contribution in [0.3, 0.4) is 0 Å². The fourth-order valence-electron chi connectivity index (χ4n) is 4.03. The number of amides is 1. The van der Waals surface area contributed by atoms with Crippen molar-refractivity contribution < 1.29 is 9.90 Å². The molecule has 4 nitrogen and oxygen atoms in total. The Morgan fingerprint density at radius 1 is 1.07 bits per heavy atom. The zero-order chi connectivity index (χ0) is 19.9. The SMILES string of the molecule is CCCC(=O)N(c1ccc(CC)cc1)C1CCN(Cc2cccc(O)c2)CC1. The van der Waals surface area contributed by atoms with Crippen LogP contribution >= 0.6 is 0 Å². The molecule has 0 spiro atoms. The molecule has 1 aliphatic heterocycles. The van der Waals surface area contributed by atoms with Crippen molar-refractivity contribution in [1.29, 1.82) is 0 Å². The molecule has 1 N–H and O–H groups in total. The van der Waals surface area contributed by atoms with E-state index in [1.54, 1.807) is 6.07 Å². The third-order valence-electron chi connectivity index (χ3n) is 5.59. The van der Waals surface area contributed by atoms with E-state index in [0.717, 1.165) is 56.6 Å². The average molecular weight is 381 g/mol. The summed E-state index contributed by atoms with van der Waals surface area (Å²) < 4.78 is 0. The number of rotatable bonds is 7. The highest BCUT2D eigenvalue weighted by Gasteiger charge is 2.28. The first kappa shape index (κ1) is 20.4. The first-order valence-corrected chi connectivity index (χ1v) is 10.5. The minimum Gasteiger partial charge on any atom is -0.508 e. The lowest BCUT2D eigenvalue weighted by atomic mass is 10.00. The summed E-state index contributed by atoms with van der Waals surface area (Å²) in [6.45, 7) is 6.98. The molecule has 0 bridgehead atoms. The molecular formula is C24H32N2O2. The molecule has 1 heterocycles.